The van der Waals surface area contributed by atoms with Crippen LogP contribution in [0, 0.1) is 0 Å². The minimum absolute atomic E-state index is 0.689. The van der Waals surface area contributed by atoms with E-state index in [0.717, 1.165) is 11.1 Å². The van der Waals surface area contributed by atoms with Crippen LogP contribution < -0.4 is 0 Å². The molecule has 2 aromatic rings. The van der Waals surface area contributed by atoms with Gasteiger partial charge in [-0.05, 0) is 30.0 Å². The van der Waals surface area contributed by atoms with E-state index in [1.54, 1.807) is 11.8 Å². The molecule has 2 aromatic carbocycles. The molecule has 0 nitrogen and oxygen atoms in total. The third-order valence-corrected chi connectivity index (χ3v) is 3.76. The monoisotopic (exact) mass is 268 g/mol. The van der Waals surface area contributed by atoms with E-state index in [2.05, 4.69) is 6.07 Å². The molecule has 0 aliphatic rings. The van der Waals surface area contributed by atoms with Crippen molar-refractivity contribution in [1.82, 2.24) is 0 Å². The van der Waals surface area contributed by atoms with Crippen molar-refractivity contribution >= 4 is 35.0 Å². The van der Waals surface area contributed by atoms with Crippen molar-refractivity contribution in [3.63, 3.8) is 0 Å². The van der Waals surface area contributed by atoms with Gasteiger partial charge in [-0.3, -0.25) is 0 Å². The highest BCUT2D eigenvalue weighted by Gasteiger charge is 2.11. The van der Waals surface area contributed by atoms with Gasteiger partial charge in [-0.15, -0.1) is 11.8 Å². The summed E-state index contributed by atoms with van der Waals surface area (Å²) in [7, 11) is 0. The van der Waals surface area contributed by atoms with Crippen molar-refractivity contribution in [3.05, 3.63) is 52.5 Å². The Hall–Kier alpha value is -0.630. The topological polar surface area (TPSA) is 0 Å². The van der Waals surface area contributed by atoms with E-state index in [1.165, 1.54) is 4.90 Å². The Kier molecular flexibility index (Phi) is 3.80. The molecule has 0 heterocycles. The standard InChI is InChI=1S/C13H10Cl2S/c1-16-12-8-3-2-5-9(12)13-10(14)6-4-7-11(13)15/h2-8H,1H3. The molecule has 0 saturated heterocycles. The summed E-state index contributed by atoms with van der Waals surface area (Å²) in [6.45, 7) is 0. The summed E-state index contributed by atoms with van der Waals surface area (Å²) < 4.78 is 0. The molecule has 0 saturated carbocycles. The van der Waals surface area contributed by atoms with E-state index in [9.17, 15) is 0 Å². The van der Waals surface area contributed by atoms with Gasteiger partial charge in [0, 0.05) is 20.5 Å². The van der Waals surface area contributed by atoms with Crippen molar-refractivity contribution in [2.24, 2.45) is 0 Å². The van der Waals surface area contributed by atoms with Crippen LogP contribution >= 0.6 is 35.0 Å². The molecule has 0 atom stereocenters. The summed E-state index contributed by atoms with van der Waals surface area (Å²) >= 11 is 14.1. The molecule has 82 valence electrons. The third kappa shape index (κ3) is 2.22. The fraction of sp³-hybridized carbons (Fsp3) is 0.0769. The Balaban J connectivity index is 2.67. The highest BCUT2D eigenvalue weighted by atomic mass is 35.5. The Labute approximate surface area is 110 Å². The number of halogens is 2. The number of thioether (sulfide) groups is 1. The Morgan fingerprint density at radius 3 is 2.12 bits per heavy atom. The zero-order chi connectivity index (χ0) is 11.5. The Morgan fingerprint density at radius 2 is 1.50 bits per heavy atom. The zero-order valence-electron chi connectivity index (χ0n) is 8.71. The first-order chi connectivity index (χ1) is 7.74. The van der Waals surface area contributed by atoms with E-state index in [4.69, 9.17) is 23.2 Å². The molecule has 0 radical (unpaired) electrons. The molecule has 0 aliphatic heterocycles. The fourth-order valence-corrected chi connectivity index (χ4v) is 2.81. The Bertz CT molecular complexity index is 489. The van der Waals surface area contributed by atoms with Gasteiger partial charge in [0.15, 0.2) is 0 Å². The van der Waals surface area contributed by atoms with Crippen LogP contribution in [-0.4, -0.2) is 6.26 Å². The average molecular weight is 269 g/mol. The molecule has 0 bridgehead atoms. The first-order valence-electron chi connectivity index (χ1n) is 4.81. The van der Waals surface area contributed by atoms with Crippen LogP contribution in [0.1, 0.15) is 0 Å². The van der Waals surface area contributed by atoms with Gasteiger partial charge in [0.25, 0.3) is 0 Å². The van der Waals surface area contributed by atoms with Crippen molar-refractivity contribution in [3.8, 4) is 11.1 Å². The minimum Gasteiger partial charge on any atom is -0.129 e. The predicted molar refractivity (Wildman–Crippen MR) is 73.7 cm³/mol. The third-order valence-electron chi connectivity index (χ3n) is 2.34. The van der Waals surface area contributed by atoms with Gasteiger partial charge >= 0.3 is 0 Å². The first-order valence-corrected chi connectivity index (χ1v) is 6.79. The van der Waals surface area contributed by atoms with Crippen molar-refractivity contribution in [1.29, 1.82) is 0 Å². The second kappa shape index (κ2) is 5.13. The van der Waals surface area contributed by atoms with E-state index >= 15 is 0 Å². The zero-order valence-corrected chi connectivity index (χ0v) is 11.0. The summed E-state index contributed by atoms with van der Waals surface area (Å²) in [4.78, 5) is 1.18. The summed E-state index contributed by atoms with van der Waals surface area (Å²) in [5.74, 6) is 0. The van der Waals surface area contributed by atoms with E-state index < -0.39 is 0 Å². The molecular formula is C13H10Cl2S. The van der Waals surface area contributed by atoms with Crippen LogP contribution in [0.25, 0.3) is 11.1 Å². The lowest BCUT2D eigenvalue weighted by Gasteiger charge is -2.10. The highest BCUT2D eigenvalue weighted by molar-refractivity contribution is 7.98. The number of hydrogen-bond acceptors (Lipinski definition) is 1. The van der Waals surface area contributed by atoms with Crippen molar-refractivity contribution in [2.75, 3.05) is 6.26 Å². The maximum Gasteiger partial charge on any atom is 0.0499 e. The lowest BCUT2D eigenvalue weighted by atomic mass is 10.1. The maximum atomic E-state index is 6.20. The van der Waals surface area contributed by atoms with Gasteiger partial charge in [0.2, 0.25) is 0 Å². The SMILES string of the molecule is CSc1ccccc1-c1c(Cl)cccc1Cl. The molecule has 0 fully saturated rings. The average Bonchev–Trinajstić information content (AvgIpc) is 2.29. The van der Waals surface area contributed by atoms with Crippen molar-refractivity contribution < 1.29 is 0 Å². The van der Waals surface area contributed by atoms with E-state index in [1.807, 2.05) is 42.7 Å². The highest BCUT2D eigenvalue weighted by Crippen LogP contribution is 2.38. The van der Waals surface area contributed by atoms with Crippen LogP contribution in [0.4, 0.5) is 0 Å². The largest absolute Gasteiger partial charge is 0.129 e. The van der Waals surface area contributed by atoms with Crippen LogP contribution in [-0.2, 0) is 0 Å². The van der Waals surface area contributed by atoms with Crippen molar-refractivity contribution in [2.45, 2.75) is 4.90 Å². The Morgan fingerprint density at radius 1 is 0.875 bits per heavy atom. The molecule has 0 amide bonds. The first kappa shape index (κ1) is 11.8. The van der Waals surface area contributed by atoms with Gasteiger partial charge in [-0.1, -0.05) is 47.5 Å². The molecule has 0 aromatic heterocycles. The molecule has 0 unspecified atom stereocenters. The molecule has 16 heavy (non-hydrogen) atoms. The number of benzene rings is 2. The summed E-state index contributed by atoms with van der Waals surface area (Å²) in [5, 5.41) is 1.38. The second-order valence-corrected chi connectivity index (χ2v) is 4.96. The number of rotatable bonds is 2. The lowest BCUT2D eigenvalue weighted by molar-refractivity contribution is 1.45. The molecule has 0 spiro atoms. The van der Waals surface area contributed by atoms with E-state index in [-0.39, 0.29) is 0 Å². The molecule has 0 N–H and O–H groups in total. The molecule has 3 heteroatoms. The van der Waals surface area contributed by atoms with Crippen LogP contribution in [0.5, 0.6) is 0 Å². The van der Waals surface area contributed by atoms with Gasteiger partial charge in [0.1, 0.15) is 0 Å². The fourth-order valence-electron chi connectivity index (χ4n) is 1.61. The summed E-state index contributed by atoms with van der Waals surface area (Å²) in [5.41, 5.74) is 2.00. The lowest BCUT2D eigenvalue weighted by Crippen LogP contribution is -1.84. The normalized spacial score (nSPS) is 10.4. The molecule has 0 aliphatic carbocycles. The predicted octanol–water partition coefficient (Wildman–Crippen LogP) is 5.38. The maximum absolute atomic E-state index is 6.20. The summed E-state index contributed by atoms with van der Waals surface area (Å²) in [6.07, 6.45) is 2.05. The minimum atomic E-state index is 0.689. The van der Waals surface area contributed by atoms with Gasteiger partial charge in [-0.25, -0.2) is 0 Å². The molecular weight excluding hydrogens is 259 g/mol. The smallest absolute Gasteiger partial charge is 0.0499 e. The number of hydrogen-bond donors (Lipinski definition) is 0. The quantitative estimate of drug-likeness (QED) is 0.659. The second-order valence-electron chi connectivity index (χ2n) is 3.30. The van der Waals surface area contributed by atoms with Crippen LogP contribution in [0.3, 0.4) is 0 Å². The van der Waals surface area contributed by atoms with Gasteiger partial charge < -0.3 is 0 Å². The van der Waals surface area contributed by atoms with Crippen LogP contribution in [0.2, 0.25) is 10.0 Å². The van der Waals surface area contributed by atoms with Gasteiger partial charge in [-0.2, -0.15) is 0 Å². The van der Waals surface area contributed by atoms with Crippen LogP contribution in [0.15, 0.2) is 47.4 Å². The molecule has 2 rings (SSSR count). The van der Waals surface area contributed by atoms with E-state index in [0.29, 0.717) is 10.0 Å². The van der Waals surface area contributed by atoms with Gasteiger partial charge in [0.05, 0.1) is 0 Å². The summed E-state index contributed by atoms with van der Waals surface area (Å²) in [6, 6.07) is 13.7.